The first-order valence-corrected chi connectivity index (χ1v) is 8.97. The van der Waals surface area contributed by atoms with Gasteiger partial charge in [-0.05, 0) is 84.8 Å². The minimum Gasteiger partial charge on any atom is -0.350 e. The topological polar surface area (TPSA) is 58.2 Å². The van der Waals surface area contributed by atoms with Crippen LogP contribution >= 0.6 is 22.6 Å². The maximum atomic E-state index is 12.3. The van der Waals surface area contributed by atoms with Crippen LogP contribution in [0.3, 0.4) is 0 Å². The fourth-order valence-electron chi connectivity index (χ4n) is 2.05. The molecule has 0 saturated carbocycles. The normalized spacial score (nSPS) is 11.7. The van der Waals surface area contributed by atoms with E-state index in [1.807, 2.05) is 32.9 Å². The number of anilines is 1. The Hall–Kier alpha value is -1.89. The van der Waals surface area contributed by atoms with Crippen LogP contribution in [0.1, 0.15) is 46.5 Å². The molecule has 0 heterocycles. The number of hydrogen-bond donors (Lipinski definition) is 2. The van der Waals surface area contributed by atoms with Crippen LogP contribution in [0.5, 0.6) is 0 Å². The smallest absolute Gasteiger partial charge is 0.255 e. The van der Waals surface area contributed by atoms with Crippen LogP contribution in [0.15, 0.2) is 42.5 Å². The summed E-state index contributed by atoms with van der Waals surface area (Å²) in [6.07, 6.45) is 0.884. The van der Waals surface area contributed by atoms with Gasteiger partial charge in [0.25, 0.3) is 11.8 Å². The molecule has 0 saturated heterocycles. The van der Waals surface area contributed by atoms with Crippen molar-refractivity contribution in [1.29, 1.82) is 0 Å². The van der Waals surface area contributed by atoms with Gasteiger partial charge in [0, 0.05) is 26.4 Å². The molecule has 0 radical (unpaired) electrons. The lowest BCUT2D eigenvalue weighted by Crippen LogP contribution is -2.31. The van der Waals surface area contributed by atoms with Crippen LogP contribution in [0.4, 0.5) is 5.69 Å². The Morgan fingerprint density at radius 3 is 2.25 bits per heavy atom. The van der Waals surface area contributed by atoms with Crippen molar-refractivity contribution in [3.05, 3.63) is 62.7 Å². The molecule has 2 amide bonds. The predicted molar refractivity (Wildman–Crippen MR) is 106 cm³/mol. The molecule has 1 unspecified atom stereocenters. The zero-order valence-corrected chi connectivity index (χ0v) is 16.2. The number of carbonyl (C=O) groups is 2. The van der Waals surface area contributed by atoms with Gasteiger partial charge in [-0.3, -0.25) is 9.59 Å². The number of rotatable bonds is 5. The summed E-state index contributed by atoms with van der Waals surface area (Å²) < 4.78 is 1.05. The molecule has 0 aliphatic rings. The highest BCUT2D eigenvalue weighted by Gasteiger charge is 2.10. The van der Waals surface area contributed by atoms with Crippen molar-refractivity contribution in [2.24, 2.45) is 0 Å². The molecular weight excluding hydrogens is 415 g/mol. The minimum atomic E-state index is -0.162. The summed E-state index contributed by atoms with van der Waals surface area (Å²) in [6, 6.07) is 12.6. The van der Waals surface area contributed by atoms with Crippen molar-refractivity contribution in [3.63, 3.8) is 0 Å². The SMILES string of the molecule is CCC(C)NC(=O)c1ccc(NC(=O)c2ccc(C)c(I)c2)cc1. The number of halogens is 1. The van der Waals surface area contributed by atoms with E-state index in [0.29, 0.717) is 16.8 Å². The van der Waals surface area contributed by atoms with Crippen LogP contribution in [-0.2, 0) is 0 Å². The molecule has 2 N–H and O–H groups in total. The summed E-state index contributed by atoms with van der Waals surface area (Å²) >= 11 is 2.21. The molecule has 0 aliphatic carbocycles. The average molecular weight is 436 g/mol. The van der Waals surface area contributed by atoms with Crippen LogP contribution in [0.25, 0.3) is 0 Å². The van der Waals surface area contributed by atoms with Gasteiger partial charge in [-0.15, -0.1) is 0 Å². The first-order chi connectivity index (χ1) is 11.4. The molecular formula is C19H21IN2O2. The molecule has 2 aromatic rings. The van der Waals surface area contributed by atoms with Gasteiger partial charge in [0.2, 0.25) is 0 Å². The molecule has 0 aliphatic heterocycles. The van der Waals surface area contributed by atoms with Gasteiger partial charge in [0.05, 0.1) is 0 Å². The van der Waals surface area contributed by atoms with Gasteiger partial charge in [0.1, 0.15) is 0 Å². The minimum absolute atomic E-state index is 0.102. The summed E-state index contributed by atoms with van der Waals surface area (Å²) in [7, 11) is 0. The number of amides is 2. The fourth-order valence-corrected chi connectivity index (χ4v) is 2.57. The fraction of sp³-hybridized carbons (Fsp3) is 0.263. The van der Waals surface area contributed by atoms with E-state index in [1.54, 1.807) is 30.3 Å². The standard InChI is InChI=1S/C19H21IN2O2/c1-4-13(3)21-18(23)14-7-9-16(10-8-14)22-19(24)15-6-5-12(2)17(20)11-15/h5-11,13H,4H2,1-3H3,(H,21,23)(H,22,24). The van der Waals surface area contributed by atoms with Crippen LogP contribution in [0.2, 0.25) is 0 Å². The highest BCUT2D eigenvalue weighted by molar-refractivity contribution is 14.1. The summed E-state index contributed by atoms with van der Waals surface area (Å²) in [5.41, 5.74) is 3.00. The van der Waals surface area contributed by atoms with E-state index in [4.69, 9.17) is 0 Å². The Kier molecular flexibility index (Phi) is 6.36. The zero-order valence-electron chi connectivity index (χ0n) is 14.0. The zero-order chi connectivity index (χ0) is 17.7. The Bertz CT molecular complexity index is 742. The summed E-state index contributed by atoms with van der Waals surface area (Å²) in [5, 5.41) is 5.77. The van der Waals surface area contributed by atoms with Crippen LogP contribution in [0, 0.1) is 10.5 Å². The first kappa shape index (κ1) is 18.4. The second-order valence-corrected chi connectivity index (χ2v) is 6.94. The van der Waals surface area contributed by atoms with E-state index in [0.717, 1.165) is 15.6 Å². The predicted octanol–water partition coefficient (Wildman–Crippen LogP) is 4.38. The molecule has 4 nitrogen and oxygen atoms in total. The highest BCUT2D eigenvalue weighted by Crippen LogP contribution is 2.16. The van der Waals surface area contributed by atoms with Gasteiger partial charge in [0.15, 0.2) is 0 Å². The van der Waals surface area contributed by atoms with E-state index >= 15 is 0 Å². The third kappa shape index (κ3) is 4.80. The number of aryl methyl sites for hydroxylation is 1. The molecule has 1 atom stereocenters. The van der Waals surface area contributed by atoms with Crippen LogP contribution in [-0.4, -0.2) is 17.9 Å². The van der Waals surface area contributed by atoms with Crippen molar-refractivity contribution in [2.45, 2.75) is 33.2 Å². The molecule has 126 valence electrons. The van der Waals surface area contributed by atoms with Crippen molar-refractivity contribution < 1.29 is 9.59 Å². The summed E-state index contributed by atoms with van der Waals surface area (Å²) in [5.74, 6) is -0.264. The Balaban J connectivity index is 2.04. The molecule has 0 bridgehead atoms. The largest absolute Gasteiger partial charge is 0.350 e. The van der Waals surface area contributed by atoms with Gasteiger partial charge in [-0.25, -0.2) is 0 Å². The van der Waals surface area contributed by atoms with Gasteiger partial charge < -0.3 is 10.6 Å². The van der Waals surface area contributed by atoms with E-state index in [-0.39, 0.29) is 17.9 Å². The Morgan fingerprint density at radius 2 is 1.67 bits per heavy atom. The second kappa shape index (κ2) is 8.28. The highest BCUT2D eigenvalue weighted by atomic mass is 127. The summed E-state index contributed by atoms with van der Waals surface area (Å²) in [4.78, 5) is 24.3. The van der Waals surface area contributed by atoms with Crippen molar-refractivity contribution in [1.82, 2.24) is 5.32 Å². The maximum absolute atomic E-state index is 12.3. The molecule has 0 fully saturated rings. The maximum Gasteiger partial charge on any atom is 0.255 e. The monoisotopic (exact) mass is 436 g/mol. The van der Waals surface area contributed by atoms with Gasteiger partial charge >= 0.3 is 0 Å². The van der Waals surface area contributed by atoms with Crippen molar-refractivity contribution in [2.75, 3.05) is 5.32 Å². The van der Waals surface area contributed by atoms with Gasteiger partial charge in [-0.1, -0.05) is 13.0 Å². The van der Waals surface area contributed by atoms with E-state index in [2.05, 4.69) is 33.2 Å². The molecule has 2 aromatic carbocycles. The van der Waals surface area contributed by atoms with Crippen LogP contribution < -0.4 is 10.6 Å². The lowest BCUT2D eigenvalue weighted by Gasteiger charge is -2.12. The number of nitrogens with one attached hydrogen (secondary N) is 2. The van der Waals surface area contributed by atoms with E-state index in [9.17, 15) is 9.59 Å². The Morgan fingerprint density at radius 1 is 1.04 bits per heavy atom. The molecule has 0 spiro atoms. The van der Waals surface area contributed by atoms with E-state index in [1.165, 1.54) is 0 Å². The first-order valence-electron chi connectivity index (χ1n) is 7.89. The molecule has 2 rings (SSSR count). The van der Waals surface area contributed by atoms with E-state index < -0.39 is 0 Å². The van der Waals surface area contributed by atoms with Crippen molar-refractivity contribution >= 4 is 40.1 Å². The lowest BCUT2D eigenvalue weighted by molar-refractivity contribution is 0.0938. The second-order valence-electron chi connectivity index (χ2n) is 5.78. The molecule has 0 aromatic heterocycles. The Labute approximate surface area is 156 Å². The average Bonchev–Trinajstić information content (AvgIpc) is 2.57. The number of hydrogen-bond acceptors (Lipinski definition) is 2. The number of carbonyl (C=O) groups excluding carboxylic acids is 2. The molecule has 24 heavy (non-hydrogen) atoms. The quantitative estimate of drug-likeness (QED) is 0.684. The summed E-state index contributed by atoms with van der Waals surface area (Å²) in [6.45, 7) is 6.00. The van der Waals surface area contributed by atoms with Crippen molar-refractivity contribution in [3.8, 4) is 0 Å². The molecule has 5 heteroatoms. The van der Waals surface area contributed by atoms with Gasteiger partial charge in [-0.2, -0.15) is 0 Å². The number of benzene rings is 2. The third-order valence-electron chi connectivity index (χ3n) is 3.83. The lowest BCUT2D eigenvalue weighted by atomic mass is 10.1. The third-order valence-corrected chi connectivity index (χ3v) is 4.99.